The van der Waals surface area contributed by atoms with Gasteiger partial charge in [0, 0.05) is 45.0 Å². The highest BCUT2D eigenvalue weighted by molar-refractivity contribution is 7.91. The Labute approximate surface area is 153 Å². The van der Waals surface area contributed by atoms with E-state index in [9.17, 15) is 13.2 Å². The molecule has 0 bridgehead atoms. The Morgan fingerprint density at radius 2 is 1.88 bits per heavy atom. The van der Waals surface area contributed by atoms with Crippen molar-refractivity contribution in [3.63, 3.8) is 0 Å². The van der Waals surface area contributed by atoms with E-state index in [0.717, 1.165) is 5.69 Å². The van der Waals surface area contributed by atoms with Crippen molar-refractivity contribution in [1.82, 2.24) is 19.7 Å². The molecule has 3 saturated heterocycles. The standard InChI is InChI=1S/C17H24N4O4S/c22-17(19-7-9-25-10-8-19)21-6-5-20(11-14-3-1-2-4-18-14)15-12-26(23,24)13-16(15)21/h1-4,15-16H,5-13H2. The van der Waals surface area contributed by atoms with E-state index in [1.807, 2.05) is 18.2 Å². The molecule has 0 aliphatic carbocycles. The second-order valence-corrected chi connectivity index (χ2v) is 9.23. The minimum absolute atomic E-state index is 0.0481. The topological polar surface area (TPSA) is 83.1 Å². The van der Waals surface area contributed by atoms with E-state index in [1.165, 1.54) is 0 Å². The molecule has 9 heteroatoms. The summed E-state index contributed by atoms with van der Waals surface area (Å²) in [5.41, 5.74) is 0.920. The summed E-state index contributed by atoms with van der Waals surface area (Å²) in [6, 6.07) is 5.24. The minimum atomic E-state index is -3.15. The molecule has 0 spiro atoms. The summed E-state index contributed by atoms with van der Waals surface area (Å²) in [5, 5.41) is 0. The number of rotatable bonds is 2. The van der Waals surface area contributed by atoms with Crippen molar-refractivity contribution in [2.75, 3.05) is 50.9 Å². The lowest BCUT2D eigenvalue weighted by Gasteiger charge is -2.45. The van der Waals surface area contributed by atoms with Gasteiger partial charge in [-0.2, -0.15) is 0 Å². The number of hydrogen-bond acceptors (Lipinski definition) is 6. The molecule has 0 saturated carbocycles. The predicted molar refractivity (Wildman–Crippen MR) is 95.4 cm³/mol. The number of hydrogen-bond donors (Lipinski definition) is 0. The molecule has 1 aromatic heterocycles. The first-order valence-electron chi connectivity index (χ1n) is 9.01. The van der Waals surface area contributed by atoms with Crippen LogP contribution in [0.2, 0.25) is 0 Å². The average Bonchev–Trinajstić information content (AvgIpc) is 2.98. The summed E-state index contributed by atoms with van der Waals surface area (Å²) in [5.74, 6) is 0.157. The normalized spacial score (nSPS) is 28.8. The first-order valence-corrected chi connectivity index (χ1v) is 10.8. The van der Waals surface area contributed by atoms with Gasteiger partial charge < -0.3 is 14.5 Å². The second kappa shape index (κ2) is 7.13. The number of carbonyl (C=O) groups excluding carboxylic acids is 1. The lowest BCUT2D eigenvalue weighted by molar-refractivity contribution is 0.0174. The maximum absolute atomic E-state index is 12.9. The molecule has 0 N–H and O–H groups in total. The summed E-state index contributed by atoms with van der Waals surface area (Å²) in [6.07, 6.45) is 1.75. The van der Waals surface area contributed by atoms with Crippen molar-refractivity contribution < 1.29 is 17.9 Å². The molecule has 26 heavy (non-hydrogen) atoms. The molecule has 3 aliphatic rings. The highest BCUT2D eigenvalue weighted by Crippen LogP contribution is 2.29. The summed E-state index contributed by atoms with van der Waals surface area (Å²) >= 11 is 0. The van der Waals surface area contributed by atoms with Gasteiger partial charge in [-0.25, -0.2) is 13.2 Å². The zero-order valence-corrected chi connectivity index (χ0v) is 15.5. The number of carbonyl (C=O) groups is 1. The highest BCUT2D eigenvalue weighted by Gasteiger charge is 2.48. The zero-order chi connectivity index (χ0) is 18.1. The van der Waals surface area contributed by atoms with E-state index in [-0.39, 0.29) is 29.6 Å². The number of aromatic nitrogens is 1. The van der Waals surface area contributed by atoms with Crippen LogP contribution in [-0.2, 0) is 21.1 Å². The lowest BCUT2D eigenvalue weighted by Crippen LogP contribution is -2.63. The van der Waals surface area contributed by atoms with Crippen molar-refractivity contribution in [3.05, 3.63) is 30.1 Å². The van der Waals surface area contributed by atoms with E-state index in [2.05, 4.69) is 9.88 Å². The smallest absolute Gasteiger partial charge is 0.320 e. The van der Waals surface area contributed by atoms with Gasteiger partial charge in [0.15, 0.2) is 9.84 Å². The Morgan fingerprint density at radius 1 is 1.12 bits per heavy atom. The first-order chi connectivity index (χ1) is 12.5. The maximum Gasteiger partial charge on any atom is 0.320 e. The van der Waals surface area contributed by atoms with Gasteiger partial charge in [0.05, 0.1) is 36.5 Å². The van der Waals surface area contributed by atoms with Crippen molar-refractivity contribution in [1.29, 1.82) is 0 Å². The minimum Gasteiger partial charge on any atom is -0.378 e. The summed E-state index contributed by atoms with van der Waals surface area (Å²) in [6.45, 7) is 4.02. The van der Waals surface area contributed by atoms with Crippen LogP contribution >= 0.6 is 0 Å². The molecule has 2 amide bonds. The third kappa shape index (κ3) is 3.56. The van der Waals surface area contributed by atoms with Gasteiger partial charge in [-0.3, -0.25) is 9.88 Å². The molecule has 3 fully saturated rings. The number of pyridine rings is 1. The van der Waals surface area contributed by atoms with Gasteiger partial charge >= 0.3 is 6.03 Å². The number of urea groups is 1. The predicted octanol–water partition coefficient (Wildman–Crippen LogP) is -0.183. The molecule has 1 aromatic rings. The third-order valence-corrected chi connectivity index (χ3v) is 7.11. The quantitative estimate of drug-likeness (QED) is 0.708. The number of fused-ring (bicyclic) bond motifs is 1. The number of sulfone groups is 1. The molecular formula is C17H24N4O4S. The van der Waals surface area contributed by atoms with Crippen LogP contribution in [0.4, 0.5) is 4.79 Å². The Morgan fingerprint density at radius 3 is 2.62 bits per heavy atom. The Balaban J connectivity index is 1.52. The summed E-state index contributed by atoms with van der Waals surface area (Å²) in [4.78, 5) is 23.0. The van der Waals surface area contributed by atoms with Gasteiger partial charge in [-0.15, -0.1) is 0 Å². The molecular weight excluding hydrogens is 356 g/mol. The zero-order valence-electron chi connectivity index (χ0n) is 14.7. The van der Waals surface area contributed by atoms with Gasteiger partial charge in [0.1, 0.15) is 0 Å². The fourth-order valence-corrected chi connectivity index (χ4v) is 6.11. The number of amides is 2. The highest BCUT2D eigenvalue weighted by atomic mass is 32.2. The van der Waals surface area contributed by atoms with Crippen molar-refractivity contribution >= 4 is 15.9 Å². The molecule has 142 valence electrons. The van der Waals surface area contributed by atoms with E-state index < -0.39 is 9.84 Å². The third-order valence-electron chi connectivity index (χ3n) is 5.41. The summed E-state index contributed by atoms with van der Waals surface area (Å²) in [7, 11) is -3.15. The molecule has 2 atom stereocenters. The SMILES string of the molecule is O=C(N1CCOCC1)N1CCN(Cc2ccccn2)C2CS(=O)(=O)CC21. The largest absolute Gasteiger partial charge is 0.378 e. The number of nitrogens with zero attached hydrogens (tertiary/aromatic N) is 4. The van der Waals surface area contributed by atoms with Crippen LogP contribution in [0.25, 0.3) is 0 Å². The van der Waals surface area contributed by atoms with Gasteiger partial charge in [-0.1, -0.05) is 6.07 Å². The fraction of sp³-hybridized carbons (Fsp3) is 0.647. The summed E-state index contributed by atoms with van der Waals surface area (Å²) < 4.78 is 30.0. The van der Waals surface area contributed by atoms with Crippen LogP contribution in [0.3, 0.4) is 0 Å². The Hall–Kier alpha value is -1.71. The molecule has 4 rings (SSSR count). The molecule has 3 aliphatic heterocycles. The Bertz CT molecular complexity index is 751. The van der Waals surface area contributed by atoms with Crippen molar-refractivity contribution in [2.24, 2.45) is 0 Å². The molecule has 8 nitrogen and oxygen atoms in total. The molecule has 2 unspecified atom stereocenters. The van der Waals surface area contributed by atoms with Gasteiger partial charge in [0.2, 0.25) is 0 Å². The number of piperazine rings is 1. The van der Waals surface area contributed by atoms with E-state index in [0.29, 0.717) is 45.9 Å². The number of ether oxygens (including phenoxy) is 1. The number of morpholine rings is 1. The second-order valence-electron chi connectivity index (χ2n) is 7.08. The van der Waals surface area contributed by atoms with Gasteiger partial charge in [-0.05, 0) is 12.1 Å². The van der Waals surface area contributed by atoms with E-state index in [1.54, 1.807) is 16.0 Å². The molecule has 4 heterocycles. The van der Waals surface area contributed by atoms with Crippen molar-refractivity contribution in [2.45, 2.75) is 18.6 Å². The Kier molecular flexibility index (Phi) is 4.85. The van der Waals surface area contributed by atoms with Crippen LogP contribution in [-0.4, -0.2) is 97.1 Å². The van der Waals surface area contributed by atoms with Crippen LogP contribution in [0.5, 0.6) is 0 Å². The molecule has 0 aromatic carbocycles. The van der Waals surface area contributed by atoms with Crippen LogP contribution < -0.4 is 0 Å². The van der Waals surface area contributed by atoms with E-state index >= 15 is 0 Å². The van der Waals surface area contributed by atoms with Crippen LogP contribution in [0, 0.1) is 0 Å². The molecule has 0 radical (unpaired) electrons. The van der Waals surface area contributed by atoms with Crippen molar-refractivity contribution in [3.8, 4) is 0 Å². The van der Waals surface area contributed by atoms with Crippen LogP contribution in [0.1, 0.15) is 5.69 Å². The monoisotopic (exact) mass is 380 g/mol. The lowest BCUT2D eigenvalue weighted by atomic mass is 10.0. The fourth-order valence-electron chi connectivity index (χ4n) is 4.09. The van der Waals surface area contributed by atoms with Gasteiger partial charge in [0.25, 0.3) is 0 Å². The maximum atomic E-state index is 12.9. The van der Waals surface area contributed by atoms with E-state index in [4.69, 9.17) is 4.74 Å². The van der Waals surface area contributed by atoms with Crippen LogP contribution in [0.15, 0.2) is 24.4 Å². The average molecular weight is 380 g/mol. The first kappa shape index (κ1) is 17.7.